The number of carboxylic acid groups (broad SMARTS) is 2. The average Bonchev–Trinajstić information content (AvgIpc) is 2.53. The van der Waals surface area contributed by atoms with Crippen molar-refractivity contribution in [1.82, 2.24) is 0 Å². The zero-order chi connectivity index (χ0) is 18.2. The Balaban J connectivity index is 2.67. The average molecular weight is 341 g/mol. The summed E-state index contributed by atoms with van der Waals surface area (Å²) in [5, 5.41) is 19.8. The molecule has 140 valence electrons. The van der Waals surface area contributed by atoms with Crippen LogP contribution in [0.5, 0.6) is 0 Å². The maximum absolute atomic E-state index is 12.1. The largest absolute Gasteiger partial charge is 0.481 e. The van der Waals surface area contributed by atoms with E-state index in [9.17, 15) is 19.8 Å². The first kappa shape index (κ1) is 21.0. The fourth-order valence-corrected chi connectivity index (χ4v) is 4.60. The van der Waals surface area contributed by atoms with Crippen LogP contribution in [0.25, 0.3) is 0 Å². The van der Waals surface area contributed by atoms with Gasteiger partial charge in [0.2, 0.25) is 0 Å². The third-order valence-electron chi connectivity index (χ3n) is 6.18. The first-order chi connectivity index (χ1) is 11.3. The molecule has 1 rings (SSSR count). The van der Waals surface area contributed by atoms with Crippen LogP contribution < -0.4 is 0 Å². The highest BCUT2D eigenvalue weighted by Crippen LogP contribution is 2.56. The van der Waals surface area contributed by atoms with E-state index in [0.717, 1.165) is 38.0 Å². The second-order valence-electron chi connectivity index (χ2n) is 8.04. The Morgan fingerprint density at radius 3 is 1.88 bits per heavy atom. The molecule has 0 aromatic heterocycles. The Labute approximate surface area is 147 Å². The molecule has 2 atom stereocenters. The maximum atomic E-state index is 12.1. The molecule has 1 aliphatic rings. The summed E-state index contributed by atoms with van der Waals surface area (Å²) in [6.45, 7) is 6.30. The lowest BCUT2D eigenvalue weighted by Crippen LogP contribution is -2.54. The van der Waals surface area contributed by atoms with E-state index in [1.807, 2.05) is 6.92 Å². The topological polar surface area (TPSA) is 74.6 Å². The van der Waals surface area contributed by atoms with Crippen LogP contribution in [0.3, 0.4) is 0 Å². The Morgan fingerprint density at radius 1 is 0.875 bits per heavy atom. The van der Waals surface area contributed by atoms with Crippen molar-refractivity contribution in [1.29, 1.82) is 0 Å². The monoisotopic (exact) mass is 340 g/mol. The molecule has 0 spiro atoms. The van der Waals surface area contributed by atoms with E-state index >= 15 is 0 Å². The van der Waals surface area contributed by atoms with Crippen molar-refractivity contribution >= 4 is 11.9 Å². The van der Waals surface area contributed by atoms with Crippen molar-refractivity contribution in [2.45, 2.75) is 97.8 Å². The highest BCUT2D eigenvalue weighted by Gasteiger charge is 2.60. The van der Waals surface area contributed by atoms with Crippen LogP contribution >= 0.6 is 0 Å². The summed E-state index contributed by atoms with van der Waals surface area (Å²) in [5.41, 5.74) is -2.17. The Hall–Kier alpha value is -1.06. The molecular formula is C20H36O4. The lowest BCUT2D eigenvalue weighted by Gasteiger charge is -2.48. The highest BCUT2D eigenvalue weighted by atomic mass is 16.4. The van der Waals surface area contributed by atoms with Gasteiger partial charge in [-0.05, 0) is 31.6 Å². The number of carbonyl (C=O) groups is 2. The smallest absolute Gasteiger partial charge is 0.310 e. The molecule has 4 nitrogen and oxygen atoms in total. The zero-order valence-corrected chi connectivity index (χ0v) is 15.8. The molecule has 1 aliphatic carbocycles. The number of aliphatic carboxylic acids is 2. The van der Waals surface area contributed by atoms with E-state index in [4.69, 9.17) is 0 Å². The van der Waals surface area contributed by atoms with Gasteiger partial charge < -0.3 is 10.2 Å². The second kappa shape index (κ2) is 9.43. The standard InChI is InChI=1S/C20H36O4/c1-4-19(17(21)22)13-10-11-15-20(19,18(23)24)14-9-7-5-6-8-12-16(2)3/h16H,4-15H2,1-3H3,(H,21,22)(H,23,24). The van der Waals surface area contributed by atoms with Crippen LogP contribution in [0.15, 0.2) is 0 Å². The van der Waals surface area contributed by atoms with Gasteiger partial charge in [-0.2, -0.15) is 0 Å². The van der Waals surface area contributed by atoms with Gasteiger partial charge in [-0.25, -0.2) is 0 Å². The van der Waals surface area contributed by atoms with Gasteiger partial charge in [0.1, 0.15) is 0 Å². The summed E-state index contributed by atoms with van der Waals surface area (Å²) in [6, 6.07) is 0. The summed E-state index contributed by atoms with van der Waals surface area (Å²) < 4.78 is 0. The summed E-state index contributed by atoms with van der Waals surface area (Å²) in [4.78, 5) is 24.1. The summed E-state index contributed by atoms with van der Waals surface area (Å²) in [5.74, 6) is -1.07. The molecule has 0 aromatic carbocycles. The van der Waals surface area contributed by atoms with Crippen molar-refractivity contribution in [3.05, 3.63) is 0 Å². The fraction of sp³-hybridized carbons (Fsp3) is 0.900. The maximum Gasteiger partial charge on any atom is 0.310 e. The lowest BCUT2D eigenvalue weighted by molar-refractivity contribution is -0.181. The first-order valence-electron chi connectivity index (χ1n) is 9.79. The van der Waals surface area contributed by atoms with Gasteiger partial charge in [-0.3, -0.25) is 9.59 Å². The van der Waals surface area contributed by atoms with Gasteiger partial charge in [-0.15, -0.1) is 0 Å². The quantitative estimate of drug-likeness (QED) is 0.487. The summed E-state index contributed by atoms with van der Waals surface area (Å²) >= 11 is 0. The summed E-state index contributed by atoms with van der Waals surface area (Å²) in [7, 11) is 0. The zero-order valence-electron chi connectivity index (χ0n) is 15.8. The Kier molecular flexibility index (Phi) is 8.24. The number of rotatable bonds is 11. The van der Waals surface area contributed by atoms with Gasteiger partial charge in [0.25, 0.3) is 0 Å². The molecule has 0 saturated heterocycles. The van der Waals surface area contributed by atoms with Gasteiger partial charge in [-0.1, -0.05) is 72.1 Å². The van der Waals surface area contributed by atoms with Crippen molar-refractivity contribution in [3.63, 3.8) is 0 Å². The molecule has 0 radical (unpaired) electrons. The molecule has 24 heavy (non-hydrogen) atoms. The minimum Gasteiger partial charge on any atom is -0.481 e. The fourth-order valence-electron chi connectivity index (χ4n) is 4.60. The van der Waals surface area contributed by atoms with Crippen LogP contribution in [0, 0.1) is 16.7 Å². The van der Waals surface area contributed by atoms with E-state index in [1.165, 1.54) is 19.3 Å². The molecule has 0 aromatic rings. The number of hydrogen-bond donors (Lipinski definition) is 2. The van der Waals surface area contributed by atoms with Gasteiger partial charge in [0, 0.05) is 0 Å². The molecule has 0 bridgehead atoms. The SMILES string of the molecule is CCC1(C(=O)O)CCCCC1(CCCCCCCC(C)C)C(=O)O. The number of carboxylic acids is 2. The molecule has 0 heterocycles. The molecule has 2 N–H and O–H groups in total. The predicted octanol–water partition coefficient (Wildman–Crippen LogP) is 5.50. The third-order valence-corrected chi connectivity index (χ3v) is 6.18. The molecular weight excluding hydrogens is 304 g/mol. The molecule has 1 fully saturated rings. The second-order valence-corrected chi connectivity index (χ2v) is 8.04. The van der Waals surface area contributed by atoms with Crippen molar-refractivity contribution in [2.24, 2.45) is 16.7 Å². The molecule has 0 aliphatic heterocycles. The third kappa shape index (κ3) is 4.52. The Morgan fingerprint density at radius 2 is 1.38 bits per heavy atom. The van der Waals surface area contributed by atoms with Crippen LogP contribution in [0.2, 0.25) is 0 Å². The summed E-state index contributed by atoms with van der Waals surface area (Å²) in [6.07, 6.45) is 10.2. The van der Waals surface area contributed by atoms with Crippen LogP contribution in [-0.4, -0.2) is 22.2 Å². The number of hydrogen-bond acceptors (Lipinski definition) is 2. The Bertz CT molecular complexity index is 418. The van der Waals surface area contributed by atoms with Crippen LogP contribution in [-0.2, 0) is 9.59 Å². The lowest BCUT2D eigenvalue weighted by atomic mass is 9.53. The van der Waals surface area contributed by atoms with Crippen LogP contribution in [0.1, 0.15) is 97.8 Å². The van der Waals surface area contributed by atoms with Crippen LogP contribution in [0.4, 0.5) is 0 Å². The van der Waals surface area contributed by atoms with E-state index < -0.39 is 22.8 Å². The van der Waals surface area contributed by atoms with E-state index in [-0.39, 0.29) is 0 Å². The van der Waals surface area contributed by atoms with Gasteiger partial charge >= 0.3 is 11.9 Å². The molecule has 0 amide bonds. The van der Waals surface area contributed by atoms with Crippen molar-refractivity contribution in [2.75, 3.05) is 0 Å². The van der Waals surface area contributed by atoms with Crippen molar-refractivity contribution in [3.8, 4) is 0 Å². The molecule has 2 unspecified atom stereocenters. The first-order valence-corrected chi connectivity index (χ1v) is 9.79. The van der Waals surface area contributed by atoms with Gasteiger partial charge in [0.15, 0.2) is 0 Å². The molecule has 1 saturated carbocycles. The van der Waals surface area contributed by atoms with Crippen molar-refractivity contribution < 1.29 is 19.8 Å². The predicted molar refractivity (Wildman–Crippen MR) is 96.1 cm³/mol. The minimum absolute atomic E-state index is 0.406. The molecule has 4 heteroatoms. The van der Waals surface area contributed by atoms with Gasteiger partial charge in [0.05, 0.1) is 10.8 Å². The minimum atomic E-state index is -1.09. The normalized spacial score (nSPS) is 27.3. The number of unbranched alkanes of at least 4 members (excludes halogenated alkanes) is 4. The van der Waals surface area contributed by atoms with E-state index in [0.29, 0.717) is 25.7 Å². The van der Waals surface area contributed by atoms with E-state index in [2.05, 4.69) is 13.8 Å². The van der Waals surface area contributed by atoms with E-state index in [1.54, 1.807) is 0 Å². The highest BCUT2D eigenvalue weighted by molar-refractivity contribution is 5.87.